The number of imide groups is 1. The van der Waals surface area contributed by atoms with Crippen LogP contribution in [-0.4, -0.2) is 35.7 Å². The molecule has 0 bridgehead atoms. The first-order valence-corrected chi connectivity index (χ1v) is 10.5. The Morgan fingerprint density at radius 1 is 0.938 bits per heavy atom. The van der Waals surface area contributed by atoms with Gasteiger partial charge < -0.3 is 9.64 Å². The lowest BCUT2D eigenvalue weighted by atomic mass is 9.88. The maximum absolute atomic E-state index is 13.5. The standard InChI is InChI=1S/C25H22N2O5/c1-13-4-10-19-16(12-13)5-11-20-21-22(23(14(2)28)27(19)20)25(31)26(24(21)30)17-6-8-18(9-7-17)32-15(3)29/h4-12,20-23H,1-3H3/t20-,21-,22-,23-/m0/s1. The van der Waals surface area contributed by atoms with Gasteiger partial charge in [-0.25, -0.2) is 4.90 Å². The van der Waals surface area contributed by atoms with Crippen LogP contribution in [0.25, 0.3) is 6.08 Å². The van der Waals surface area contributed by atoms with Crippen LogP contribution in [0.4, 0.5) is 11.4 Å². The highest BCUT2D eigenvalue weighted by molar-refractivity contribution is 6.24. The third-order valence-electron chi connectivity index (χ3n) is 6.43. The molecule has 0 aliphatic carbocycles. The molecule has 0 saturated carbocycles. The van der Waals surface area contributed by atoms with E-state index >= 15 is 0 Å². The van der Waals surface area contributed by atoms with Crippen molar-refractivity contribution in [3.05, 3.63) is 59.7 Å². The molecule has 2 fully saturated rings. The van der Waals surface area contributed by atoms with Crippen molar-refractivity contribution in [2.24, 2.45) is 11.8 Å². The third kappa shape index (κ3) is 2.88. The number of ketones is 1. The highest BCUT2D eigenvalue weighted by atomic mass is 16.5. The molecule has 5 rings (SSSR count). The van der Waals surface area contributed by atoms with E-state index in [4.69, 9.17) is 4.74 Å². The van der Waals surface area contributed by atoms with Gasteiger partial charge in [0.25, 0.3) is 0 Å². The normalized spacial score (nSPS) is 25.5. The van der Waals surface area contributed by atoms with E-state index in [9.17, 15) is 19.2 Å². The first kappa shape index (κ1) is 20.2. The summed E-state index contributed by atoms with van der Waals surface area (Å²) in [6.45, 7) is 4.77. The number of nitrogens with zero attached hydrogens (tertiary/aromatic N) is 2. The molecule has 3 heterocycles. The SMILES string of the molecule is CC(=O)Oc1ccc(N2C(=O)[C@@H]3[C@H](C2=O)[C@H](C(C)=O)N2c4ccc(C)cc4C=C[C@@H]32)cc1. The van der Waals surface area contributed by atoms with E-state index in [1.165, 1.54) is 18.7 Å². The number of aryl methyl sites for hydroxylation is 1. The number of carbonyl (C=O) groups excluding carboxylic acids is 4. The number of rotatable bonds is 3. The van der Waals surface area contributed by atoms with E-state index < -0.39 is 23.8 Å². The topological polar surface area (TPSA) is 84.0 Å². The Bertz CT molecular complexity index is 1200. The Labute approximate surface area is 185 Å². The van der Waals surface area contributed by atoms with E-state index in [0.717, 1.165) is 16.8 Å². The van der Waals surface area contributed by atoms with Crippen LogP contribution in [-0.2, 0) is 19.2 Å². The fourth-order valence-corrected chi connectivity index (χ4v) is 5.24. The highest BCUT2D eigenvalue weighted by Crippen LogP contribution is 2.49. The van der Waals surface area contributed by atoms with E-state index in [0.29, 0.717) is 11.4 Å². The number of ether oxygens (including phenoxy) is 1. The number of esters is 1. The van der Waals surface area contributed by atoms with Crippen molar-refractivity contribution in [1.29, 1.82) is 0 Å². The van der Waals surface area contributed by atoms with Crippen molar-refractivity contribution >= 4 is 41.0 Å². The number of hydrogen-bond acceptors (Lipinski definition) is 6. The van der Waals surface area contributed by atoms with Gasteiger partial charge in [-0.1, -0.05) is 23.8 Å². The Morgan fingerprint density at radius 3 is 2.28 bits per heavy atom. The van der Waals surface area contributed by atoms with Crippen LogP contribution in [0.15, 0.2) is 48.5 Å². The average molecular weight is 430 g/mol. The molecule has 7 nitrogen and oxygen atoms in total. The molecule has 3 aliphatic rings. The quantitative estimate of drug-likeness (QED) is 0.423. The molecule has 0 unspecified atom stereocenters. The fraction of sp³-hybridized carbons (Fsp3) is 0.280. The van der Waals surface area contributed by atoms with Gasteiger partial charge >= 0.3 is 5.97 Å². The van der Waals surface area contributed by atoms with Crippen LogP contribution in [0.3, 0.4) is 0 Å². The maximum Gasteiger partial charge on any atom is 0.308 e. The molecule has 0 aromatic heterocycles. The number of anilines is 2. The summed E-state index contributed by atoms with van der Waals surface area (Å²) in [6, 6.07) is 11.1. The Hall–Kier alpha value is -3.74. The Kier molecular flexibility index (Phi) is 4.51. The van der Waals surface area contributed by atoms with Gasteiger partial charge in [0.15, 0.2) is 5.78 Å². The van der Waals surface area contributed by atoms with Crippen molar-refractivity contribution in [3.63, 3.8) is 0 Å². The van der Waals surface area contributed by atoms with Gasteiger partial charge in [-0.15, -0.1) is 0 Å². The van der Waals surface area contributed by atoms with E-state index in [-0.39, 0.29) is 23.6 Å². The molecule has 4 atom stereocenters. The zero-order chi connectivity index (χ0) is 22.7. The molecule has 162 valence electrons. The van der Waals surface area contributed by atoms with Gasteiger partial charge in [0, 0.05) is 12.6 Å². The predicted molar refractivity (Wildman–Crippen MR) is 118 cm³/mol. The smallest absolute Gasteiger partial charge is 0.308 e. The van der Waals surface area contributed by atoms with Crippen LogP contribution in [0.1, 0.15) is 25.0 Å². The molecule has 7 heteroatoms. The summed E-state index contributed by atoms with van der Waals surface area (Å²) in [4.78, 5) is 54.0. The number of amides is 2. The lowest BCUT2D eigenvalue weighted by Gasteiger charge is -2.36. The summed E-state index contributed by atoms with van der Waals surface area (Å²) in [5.74, 6) is -2.36. The maximum atomic E-state index is 13.5. The minimum atomic E-state index is -0.755. The summed E-state index contributed by atoms with van der Waals surface area (Å²) in [6.07, 6.45) is 3.90. The van der Waals surface area contributed by atoms with Crippen molar-refractivity contribution in [1.82, 2.24) is 0 Å². The van der Waals surface area contributed by atoms with Gasteiger partial charge in [0.2, 0.25) is 11.8 Å². The van der Waals surface area contributed by atoms with Crippen molar-refractivity contribution in [3.8, 4) is 5.75 Å². The third-order valence-corrected chi connectivity index (χ3v) is 6.43. The summed E-state index contributed by atoms with van der Waals surface area (Å²) < 4.78 is 5.03. The molecule has 0 N–H and O–H groups in total. The number of carbonyl (C=O) groups is 4. The van der Waals surface area contributed by atoms with Crippen LogP contribution in [0, 0.1) is 18.8 Å². The molecular formula is C25H22N2O5. The zero-order valence-corrected chi connectivity index (χ0v) is 17.9. The van der Waals surface area contributed by atoms with Crippen LogP contribution >= 0.6 is 0 Å². The second-order valence-corrected chi connectivity index (χ2v) is 8.53. The van der Waals surface area contributed by atoms with Gasteiger partial charge in [-0.3, -0.25) is 19.2 Å². The average Bonchev–Trinajstić information content (AvgIpc) is 3.21. The van der Waals surface area contributed by atoms with Gasteiger partial charge in [0.05, 0.1) is 23.6 Å². The number of fused-ring (bicyclic) bond motifs is 5. The predicted octanol–water partition coefficient (Wildman–Crippen LogP) is 2.90. The molecule has 2 aromatic carbocycles. The first-order valence-electron chi connectivity index (χ1n) is 10.5. The van der Waals surface area contributed by atoms with Crippen LogP contribution in [0.2, 0.25) is 0 Å². The van der Waals surface area contributed by atoms with Crippen LogP contribution < -0.4 is 14.5 Å². The summed E-state index contributed by atoms with van der Waals surface area (Å²) in [7, 11) is 0. The highest BCUT2D eigenvalue weighted by Gasteiger charge is 2.63. The van der Waals surface area contributed by atoms with Crippen molar-refractivity contribution in [2.45, 2.75) is 32.9 Å². The monoisotopic (exact) mass is 430 g/mol. The number of hydrogen-bond donors (Lipinski definition) is 0. The fourth-order valence-electron chi connectivity index (χ4n) is 5.24. The molecular weight excluding hydrogens is 408 g/mol. The number of benzene rings is 2. The first-order chi connectivity index (χ1) is 15.3. The number of Topliss-reactive ketones (excluding diaryl/α,β-unsaturated/α-hetero) is 1. The lowest BCUT2D eigenvalue weighted by Crippen LogP contribution is -2.48. The van der Waals surface area contributed by atoms with Gasteiger partial charge in [-0.2, -0.15) is 0 Å². The minimum absolute atomic E-state index is 0.141. The molecule has 2 amide bonds. The van der Waals surface area contributed by atoms with E-state index in [1.54, 1.807) is 24.3 Å². The van der Waals surface area contributed by atoms with Crippen molar-refractivity contribution in [2.75, 3.05) is 9.80 Å². The molecule has 0 radical (unpaired) electrons. The minimum Gasteiger partial charge on any atom is -0.427 e. The summed E-state index contributed by atoms with van der Waals surface area (Å²) in [5.41, 5.74) is 3.34. The van der Waals surface area contributed by atoms with Crippen molar-refractivity contribution < 1.29 is 23.9 Å². The molecule has 2 aromatic rings. The second kappa shape index (κ2) is 7.15. The molecule has 0 spiro atoms. The zero-order valence-electron chi connectivity index (χ0n) is 17.9. The molecule has 32 heavy (non-hydrogen) atoms. The summed E-state index contributed by atoms with van der Waals surface area (Å²) in [5, 5.41) is 0. The largest absolute Gasteiger partial charge is 0.427 e. The van der Waals surface area contributed by atoms with Gasteiger partial charge in [0.1, 0.15) is 11.8 Å². The van der Waals surface area contributed by atoms with Crippen LogP contribution in [0.5, 0.6) is 5.75 Å². The molecule has 3 aliphatic heterocycles. The lowest BCUT2D eigenvalue weighted by molar-refractivity contribution is -0.132. The summed E-state index contributed by atoms with van der Waals surface area (Å²) >= 11 is 0. The Balaban J connectivity index is 1.54. The van der Waals surface area contributed by atoms with E-state index in [2.05, 4.69) is 0 Å². The second-order valence-electron chi connectivity index (χ2n) is 8.53. The molecule has 2 saturated heterocycles. The van der Waals surface area contributed by atoms with Gasteiger partial charge in [-0.05, 0) is 55.8 Å². The Morgan fingerprint density at radius 2 is 1.62 bits per heavy atom. The van der Waals surface area contributed by atoms with E-state index in [1.807, 2.05) is 42.2 Å².